The first-order valence-electron chi connectivity index (χ1n) is 7.30. The first kappa shape index (κ1) is 14.5. The summed E-state index contributed by atoms with van der Waals surface area (Å²) in [6, 6.07) is 10.5. The number of nitrogens with zero attached hydrogens (tertiary/aromatic N) is 1. The average molecular weight is 263 g/mol. The number of ether oxygens (including phenoxy) is 2. The van der Waals surface area contributed by atoms with E-state index >= 15 is 0 Å². The van der Waals surface area contributed by atoms with Gasteiger partial charge in [-0.15, -0.1) is 0 Å². The van der Waals surface area contributed by atoms with Gasteiger partial charge in [-0.3, -0.25) is 4.90 Å². The molecule has 1 fully saturated rings. The second-order valence-electron chi connectivity index (χ2n) is 5.18. The van der Waals surface area contributed by atoms with E-state index in [1.807, 2.05) is 6.07 Å². The summed E-state index contributed by atoms with van der Waals surface area (Å²) < 4.78 is 11.2. The molecule has 1 atom stereocenters. The molecule has 3 nitrogen and oxygen atoms in total. The highest BCUT2D eigenvalue weighted by Gasteiger charge is 2.15. The third kappa shape index (κ3) is 5.72. The van der Waals surface area contributed by atoms with E-state index in [4.69, 9.17) is 9.47 Å². The monoisotopic (exact) mass is 263 g/mol. The van der Waals surface area contributed by atoms with Gasteiger partial charge >= 0.3 is 0 Å². The molecular weight excluding hydrogens is 238 g/mol. The molecule has 3 heteroatoms. The van der Waals surface area contributed by atoms with Gasteiger partial charge < -0.3 is 9.47 Å². The third-order valence-corrected chi connectivity index (χ3v) is 3.47. The van der Waals surface area contributed by atoms with Gasteiger partial charge in [0.2, 0.25) is 0 Å². The van der Waals surface area contributed by atoms with Crippen LogP contribution in [-0.4, -0.2) is 50.5 Å². The van der Waals surface area contributed by atoms with E-state index in [1.165, 1.54) is 5.56 Å². The van der Waals surface area contributed by atoms with Gasteiger partial charge in [-0.25, -0.2) is 0 Å². The summed E-state index contributed by atoms with van der Waals surface area (Å²) in [6.45, 7) is 7.94. The van der Waals surface area contributed by atoms with E-state index < -0.39 is 0 Å². The van der Waals surface area contributed by atoms with Crippen LogP contribution in [0.3, 0.4) is 0 Å². The SMILES string of the molecule is CC1CN(CCCOCCc2ccccc2)CCO1. The first-order valence-corrected chi connectivity index (χ1v) is 7.30. The van der Waals surface area contributed by atoms with Gasteiger partial charge in [0.1, 0.15) is 0 Å². The molecule has 0 amide bonds. The summed E-state index contributed by atoms with van der Waals surface area (Å²) in [7, 11) is 0. The lowest BCUT2D eigenvalue weighted by Gasteiger charge is -2.30. The van der Waals surface area contributed by atoms with Gasteiger partial charge in [-0.05, 0) is 25.3 Å². The molecule has 1 unspecified atom stereocenters. The predicted molar refractivity (Wildman–Crippen MR) is 77.4 cm³/mol. The highest BCUT2D eigenvalue weighted by Crippen LogP contribution is 2.05. The Labute approximate surface area is 116 Å². The Morgan fingerprint density at radius 1 is 1.26 bits per heavy atom. The van der Waals surface area contributed by atoms with Crippen molar-refractivity contribution in [3.05, 3.63) is 35.9 Å². The number of rotatable bonds is 7. The lowest BCUT2D eigenvalue weighted by Crippen LogP contribution is -2.41. The van der Waals surface area contributed by atoms with Crippen molar-refractivity contribution < 1.29 is 9.47 Å². The van der Waals surface area contributed by atoms with Crippen LogP contribution in [0.1, 0.15) is 18.9 Å². The molecule has 1 saturated heterocycles. The van der Waals surface area contributed by atoms with Gasteiger partial charge in [-0.2, -0.15) is 0 Å². The maximum atomic E-state index is 5.70. The van der Waals surface area contributed by atoms with E-state index in [2.05, 4.69) is 36.1 Å². The highest BCUT2D eigenvalue weighted by atomic mass is 16.5. The minimum atomic E-state index is 0.382. The van der Waals surface area contributed by atoms with Crippen molar-refractivity contribution in [1.29, 1.82) is 0 Å². The van der Waals surface area contributed by atoms with Gasteiger partial charge in [-0.1, -0.05) is 30.3 Å². The first-order chi connectivity index (χ1) is 9.34. The Hall–Kier alpha value is -0.900. The van der Waals surface area contributed by atoms with Crippen molar-refractivity contribution >= 4 is 0 Å². The van der Waals surface area contributed by atoms with Crippen molar-refractivity contribution in [1.82, 2.24) is 4.90 Å². The lowest BCUT2D eigenvalue weighted by atomic mass is 10.2. The van der Waals surface area contributed by atoms with E-state index in [-0.39, 0.29) is 0 Å². The fraction of sp³-hybridized carbons (Fsp3) is 0.625. The molecule has 0 bridgehead atoms. The molecule has 1 aromatic carbocycles. The molecule has 0 saturated carbocycles. The molecule has 0 spiro atoms. The maximum Gasteiger partial charge on any atom is 0.0674 e. The van der Waals surface area contributed by atoms with Crippen LogP contribution in [0, 0.1) is 0 Å². The lowest BCUT2D eigenvalue weighted by molar-refractivity contribution is -0.0207. The Kier molecular flexibility index (Phi) is 6.34. The zero-order valence-electron chi connectivity index (χ0n) is 11.9. The van der Waals surface area contributed by atoms with Crippen LogP contribution < -0.4 is 0 Å². The molecule has 106 valence electrons. The zero-order chi connectivity index (χ0) is 13.3. The fourth-order valence-corrected chi connectivity index (χ4v) is 2.42. The molecular formula is C16H25NO2. The predicted octanol–water partition coefficient (Wildman–Crippen LogP) is 2.36. The highest BCUT2D eigenvalue weighted by molar-refractivity contribution is 5.14. The van der Waals surface area contributed by atoms with Crippen LogP contribution in [0.25, 0.3) is 0 Å². The number of hydrogen-bond donors (Lipinski definition) is 0. The molecule has 0 aliphatic carbocycles. The van der Waals surface area contributed by atoms with Crippen LogP contribution in [0.2, 0.25) is 0 Å². The maximum absolute atomic E-state index is 5.70. The summed E-state index contributed by atoms with van der Waals surface area (Å²) in [4.78, 5) is 2.47. The summed E-state index contributed by atoms with van der Waals surface area (Å²) >= 11 is 0. The Morgan fingerprint density at radius 2 is 2.11 bits per heavy atom. The third-order valence-electron chi connectivity index (χ3n) is 3.47. The quantitative estimate of drug-likeness (QED) is 0.705. The van der Waals surface area contributed by atoms with Crippen LogP contribution in [0.4, 0.5) is 0 Å². The summed E-state index contributed by atoms with van der Waals surface area (Å²) in [5, 5.41) is 0. The summed E-state index contributed by atoms with van der Waals surface area (Å²) in [5.74, 6) is 0. The van der Waals surface area contributed by atoms with Crippen LogP contribution >= 0.6 is 0 Å². The Balaban J connectivity index is 1.48. The van der Waals surface area contributed by atoms with Crippen molar-refractivity contribution in [2.75, 3.05) is 39.5 Å². The van der Waals surface area contributed by atoms with Crippen molar-refractivity contribution in [3.63, 3.8) is 0 Å². The molecule has 0 radical (unpaired) electrons. The Morgan fingerprint density at radius 3 is 2.89 bits per heavy atom. The molecule has 1 heterocycles. The number of benzene rings is 1. The Bertz CT molecular complexity index is 342. The van der Waals surface area contributed by atoms with E-state index in [0.29, 0.717) is 6.10 Å². The molecule has 2 rings (SSSR count). The molecule has 0 N–H and O–H groups in total. The normalized spacial score (nSPS) is 20.6. The van der Waals surface area contributed by atoms with Crippen molar-refractivity contribution in [3.8, 4) is 0 Å². The van der Waals surface area contributed by atoms with Crippen LogP contribution in [-0.2, 0) is 15.9 Å². The number of hydrogen-bond acceptors (Lipinski definition) is 3. The minimum absolute atomic E-state index is 0.382. The molecule has 0 aromatic heterocycles. The standard InChI is InChI=1S/C16H25NO2/c1-15-14-17(10-13-19-15)9-5-11-18-12-8-16-6-3-2-4-7-16/h2-4,6-7,15H,5,8-14H2,1H3. The van der Waals surface area contributed by atoms with Gasteiger partial charge in [0.05, 0.1) is 19.3 Å². The number of morpholine rings is 1. The minimum Gasteiger partial charge on any atom is -0.381 e. The summed E-state index contributed by atoms with van der Waals surface area (Å²) in [6.07, 6.45) is 2.50. The van der Waals surface area contributed by atoms with Crippen LogP contribution in [0.5, 0.6) is 0 Å². The molecule has 1 aromatic rings. The van der Waals surface area contributed by atoms with E-state index in [9.17, 15) is 0 Å². The van der Waals surface area contributed by atoms with Crippen molar-refractivity contribution in [2.24, 2.45) is 0 Å². The van der Waals surface area contributed by atoms with Crippen molar-refractivity contribution in [2.45, 2.75) is 25.9 Å². The van der Waals surface area contributed by atoms with E-state index in [0.717, 1.165) is 52.3 Å². The van der Waals surface area contributed by atoms with Gasteiger partial charge in [0.25, 0.3) is 0 Å². The van der Waals surface area contributed by atoms with Crippen LogP contribution in [0.15, 0.2) is 30.3 Å². The molecule has 1 aliphatic heterocycles. The van der Waals surface area contributed by atoms with E-state index in [1.54, 1.807) is 0 Å². The second kappa shape index (κ2) is 8.31. The van der Waals surface area contributed by atoms with Gasteiger partial charge in [0, 0.05) is 26.2 Å². The molecule has 1 aliphatic rings. The average Bonchev–Trinajstić information content (AvgIpc) is 2.44. The zero-order valence-corrected chi connectivity index (χ0v) is 11.9. The summed E-state index contributed by atoms with van der Waals surface area (Å²) in [5.41, 5.74) is 1.35. The largest absolute Gasteiger partial charge is 0.381 e. The molecule has 19 heavy (non-hydrogen) atoms. The smallest absolute Gasteiger partial charge is 0.0674 e. The van der Waals surface area contributed by atoms with Gasteiger partial charge in [0.15, 0.2) is 0 Å². The fourth-order valence-electron chi connectivity index (χ4n) is 2.42. The topological polar surface area (TPSA) is 21.7 Å². The second-order valence-corrected chi connectivity index (χ2v) is 5.18.